The van der Waals surface area contributed by atoms with Crippen molar-refractivity contribution in [2.24, 2.45) is 5.41 Å². The van der Waals surface area contributed by atoms with Gasteiger partial charge in [0.25, 0.3) is 0 Å². The normalized spacial score (nSPS) is 10.7. The van der Waals surface area contributed by atoms with Crippen LogP contribution < -0.4 is 5.32 Å². The van der Waals surface area contributed by atoms with Crippen LogP contribution in [-0.4, -0.2) is 17.6 Å². The molecule has 0 aliphatic carbocycles. The molecule has 1 aromatic rings. The highest BCUT2D eigenvalue weighted by atomic mass is 16.4. The maximum Gasteiger partial charge on any atom is 0.310 e. The minimum absolute atomic E-state index is 0.278. The van der Waals surface area contributed by atoms with E-state index in [-0.39, 0.29) is 6.54 Å². The number of nitriles is 1. The van der Waals surface area contributed by atoms with Gasteiger partial charge >= 0.3 is 5.97 Å². The number of aliphatic carboxylic acids is 1. The maximum atomic E-state index is 11.0. The van der Waals surface area contributed by atoms with E-state index in [2.05, 4.69) is 11.4 Å². The Morgan fingerprint density at radius 3 is 2.71 bits per heavy atom. The van der Waals surface area contributed by atoms with Crippen molar-refractivity contribution in [3.8, 4) is 6.07 Å². The Morgan fingerprint density at radius 1 is 1.53 bits per heavy atom. The number of nitrogens with zero attached hydrogens (tertiary/aromatic N) is 1. The largest absolute Gasteiger partial charge is 0.481 e. The number of benzene rings is 1. The summed E-state index contributed by atoms with van der Waals surface area (Å²) < 4.78 is 0. The van der Waals surface area contributed by atoms with E-state index in [0.717, 1.165) is 5.56 Å². The molecule has 1 rings (SSSR count). The number of rotatable bonds is 4. The lowest BCUT2D eigenvalue weighted by molar-refractivity contribution is -0.146. The van der Waals surface area contributed by atoms with Crippen molar-refractivity contribution in [2.45, 2.75) is 20.8 Å². The van der Waals surface area contributed by atoms with Crippen LogP contribution in [0.25, 0.3) is 0 Å². The predicted octanol–water partition coefficient (Wildman–Crippen LogP) is 2.39. The first-order chi connectivity index (χ1) is 7.88. The Kier molecular flexibility index (Phi) is 3.74. The Morgan fingerprint density at radius 2 is 2.18 bits per heavy atom. The number of aryl methyl sites for hydroxylation is 1. The second-order valence-electron chi connectivity index (χ2n) is 4.65. The smallest absolute Gasteiger partial charge is 0.310 e. The molecule has 1 aromatic carbocycles. The minimum Gasteiger partial charge on any atom is -0.481 e. The molecular formula is C13H16N2O2. The second-order valence-corrected chi connectivity index (χ2v) is 4.65. The van der Waals surface area contributed by atoms with Gasteiger partial charge in [0, 0.05) is 6.54 Å². The van der Waals surface area contributed by atoms with Crippen LogP contribution in [0, 0.1) is 23.7 Å². The minimum atomic E-state index is -0.865. The fourth-order valence-electron chi connectivity index (χ4n) is 1.36. The zero-order valence-electron chi connectivity index (χ0n) is 10.2. The molecule has 4 heteroatoms. The first-order valence-corrected chi connectivity index (χ1v) is 5.35. The van der Waals surface area contributed by atoms with Crippen LogP contribution in [0.1, 0.15) is 25.0 Å². The lowest BCUT2D eigenvalue weighted by Crippen LogP contribution is -2.32. The van der Waals surface area contributed by atoms with Gasteiger partial charge in [0.05, 0.1) is 16.7 Å². The van der Waals surface area contributed by atoms with Crippen molar-refractivity contribution < 1.29 is 9.90 Å². The van der Waals surface area contributed by atoms with Crippen LogP contribution in [0.4, 0.5) is 5.69 Å². The molecule has 0 saturated carbocycles. The molecular weight excluding hydrogens is 216 g/mol. The number of carbonyl (C=O) groups is 1. The Hall–Kier alpha value is -2.02. The topological polar surface area (TPSA) is 73.1 Å². The monoisotopic (exact) mass is 232 g/mol. The molecule has 0 aliphatic heterocycles. The summed E-state index contributed by atoms with van der Waals surface area (Å²) in [5, 5.41) is 21.1. The van der Waals surface area contributed by atoms with Crippen molar-refractivity contribution in [1.82, 2.24) is 0 Å². The molecule has 0 aromatic heterocycles. The molecule has 0 unspecified atom stereocenters. The van der Waals surface area contributed by atoms with Gasteiger partial charge in [-0.1, -0.05) is 12.1 Å². The number of anilines is 1. The van der Waals surface area contributed by atoms with E-state index >= 15 is 0 Å². The summed E-state index contributed by atoms with van der Waals surface area (Å²) in [5.74, 6) is -0.865. The zero-order chi connectivity index (χ0) is 13.1. The molecule has 90 valence electrons. The van der Waals surface area contributed by atoms with E-state index in [0.29, 0.717) is 11.3 Å². The highest BCUT2D eigenvalue weighted by molar-refractivity contribution is 5.74. The fourth-order valence-corrected chi connectivity index (χ4v) is 1.36. The molecule has 0 fully saturated rings. The summed E-state index contributed by atoms with van der Waals surface area (Å²) in [6.07, 6.45) is 0. The standard InChI is InChI=1S/C13H16N2O2/c1-9-5-4-6-11(10(9)7-14)15-8-13(2,3)12(16)17/h4-6,15H,8H2,1-3H3,(H,16,17). The Bertz CT molecular complexity index is 473. The summed E-state index contributed by atoms with van der Waals surface area (Å²) >= 11 is 0. The summed E-state index contributed by atoms with van der Waals surface area (Å²) in [6, 6.07) is 7.59. The van der Waals surface area contributed by atoms with Crippen LogP contribution in [0.5, 0.6) is 0 Å². The van der Waals surface area contributed by atoms with Gasteiger partial charge in [-0.2, -0.15) is 5.26 Å². The summed E-state index contributed by atoms with van der Waals surface area (Å²) in [4.78, 5) is 11.0. The van der Waals surface area contributed by atoms with E-state index in [1.165, 1.54) is 0 Å². The van der Waals surface area contributed by atoms with E-state index in [1.54, 1.807) is 19.9 Å². The lowest BCUT2D eigenvalue weighted by atomic mass is 9.93. The van der Waals surface area contributed by atoms with Crippen molar-refractivity contribution in [2.75, 3.05) is 11.9 Å². The van der Waals surface area contributed by atoms with Crippen molar-refractivity contribution in [1.29, 1.82) is 5.26 Å². The third kappa shape index (κ3) is 2.97. The van der Waals surface area contributed by atoms with Crippen molar-refractivity contribution in [3.63, 3.8) is 0 Å². The van der Waals surface area contributed by atoms with Crippen LogP contribution >= 0.6 is 0 Å². The van der Waals surface area contributed by atoms with Gasteiger partial charge in [-0.15, -0.1) is 0 Å². The first-order valence-electron chi connectivity index (χ1n) is 5.35. The second kappa shape index (κ2) is 4.88. The average molecular weight is 232 g/mol. The number of hydrogen-bond acceptors (Lipinski definition) is 3. The molecule has 2 N–H and O–H groups in total. The third-order valence-electron chi connectivity index (χ3n) is 2.68. The molecule has 17 heavy (non-hydrogen) atoms. The van der Waals surface area contributed by atoms with E-state index < -0.39 is 11.4 Å². The average Bonchev–Trinajstić information content (AvgIpc) is 2.26. The quantitative estimate of drug-likeness (QED) is 0.836. The van der Waals surface area contributed by atoms with E-state index in [9.17, 15) is 4.79 Å². The molecule has 0 radical (unpaired) electrons. The molecule has 0 amide bonds. The van der Waals surface area contributed by atoms with Gasteiger partial charge in [0.1, 0.15) is 6.07 Å². The van der Waals surface area contributed by atoms with Crippen molar-refractivity contribution >= 4 is 11.7 Å². The van der Waals surface area contributed by atoms with Gasteiger partial charge in [-0.05, 0) is 32.4 Å². The number of carboxylic acids is 1. The molecule has 0 bridgehead atoms. The number of carboxylic acid groups (broad SMARTS) is 1. The Labute approximate surface area is 101 Å². The lowest BCUT2D eigenvalue weighted by Gasteiger charge is -2.21. The highest BCUT2D eigenvalue weighted by Gasteiger charge is 2.26. The van der Waals surface area contributed by atoms with E-state index in [4.69, 9.17) is 10.4 Å². The predicted molar refractivity (Wildman–Crippen MR) is 65.8 cm³/mol. The van der Waals surface area contributed by atoms with Crippen LogP contribution in [-0.2, 0) is 4.79 Å². The summed E-state index contributed by atoms with van der Waals surface area (Å²) in [7, 11) is 0. The van der Waals surface area contributed by atoms with Crippen LogP contribution in [0.15, 0.2) is 18.2 Å². The molecule has 4 nitrogen and oxygen atoms in total. The van der Waals surface area contributed by atoms with Crippen LogP contribution in [0.3, 0.4) is 0 Å². The Balaban J connectivity index is 2.88. The maximum absolute atomic E-state index is 11.0. The highest BCUT2D eigenvalue weighted by Crippen LogP contribution is 2.21. The first kappa shape index (κ1) is 13.0. The molecule has 0 heterocycles. The molecule has 0 atom stereocenters. The fraction of sp³-hybridized carbons (Fsp3) is 0.385. The summed E-state index contributed by atoms with van der Waals surface area (Å²) in [6.45, 7) is 5.42. The SMILES string of the molecule is Cc1cccc(NCC(C)(C)C(=O)O)c1C#N. The van der Waals surface area contributed by atoms with Gasteiger partial charge in [0.15, 0.2) is 0 Å². The molecule has 0 spiro atoms. The molecule has 0 aliphatic rings. The van der Waals surface area contributed by atoms with Crippen LogP contribution in [0.2, 0.25) is 0 Å². The third-order valence-corrected chi connectivity index (χ3v) is 2.68. The number of hydrogen-bond donors (Lipinski definition) is 2. The van der Waals surface area contributed by atoms with E-state index in [1.807, 2.05) is 19.1 Å². The summed E-state index contributed by atoms with van der Waals surface area (Å²) in [5.41, 5.74) is 1.26. The number of nitrogens with one attached hydrogen (secondary N) is 1. The van der Waals surface area contributed by atoms with Gasteiger partial charge in [-0.25, -0.2) is 0 Å². The van der Waals surface area contributed by atoms with Gasteiger partial charge in [0.2, 0.25) is 0 Å². The molecule has 0 saturated heterocycles. The van der Waals surface area contributed by atoms with Crippen molar-refractivity contribution in [3.05, 3.63) is 29.3 Å². The van der Waals surface area contributed by atoms with Gasteiger partial charge < -0.3 is 10.4 Å². The van der Waals surface area contributed by atoms with Gasteiger partial charge in [-0.3, -0.25) is 4.79 Å². The zero-order valence-corrected chi connectivity index (χ0v) is 10.2.